The highest BCUT2D eigenvalue weighted by Gasteiger charge is 2.65. The highest BCUT2D eigenvalue weighted by atomic mass is 16.7. The van der Waals surface area contributed by atoms with E-state index in [9.17, 15) is 25.1 Å². The number of non-ortho nitro benzene ring substituents is 1. The van der Waals surface area contributed by atoms with Gasteiger partial charge in [0.2, 0.25) is 5.79 Å². The molecule has 13 heteroatoms. The van der Waals surface area contributed by atoms with E-state index in [4.69, 9.17) is 28.9 Å². The van der Waals surface area contributed by atoms with Crippen LogP contribution in [0.5, 0.6) is 17.2 Å². The first-order valence-electron chi connectivity index (χ1n) is 22.2. The van der Waals surface area contributed by atoms with Crippen molar-refractivity contribution >= 4 is 17.5 Å². The number of amides is 1. The van der Waals surface area contributed by atoms with Crippen molar-refractivity contribution in [1.82, 2.24) is 4.90 Å². The SMILES string of the molecule is C=CCOC12Oc3ccc(Oc4ccc(C)c(C)c4)cc3C3C(CCCCO)C(CCCCO)C=C(C(=NOCc4ccc([N+](=O)[O-])cc4)CC1N(C)C(=O)OCc1ccccc1)C32. The summed E-state index contributed by atoms with van der Waals surface area (Å²) in [5, 5.41) is 36.1. The van der Waals surface area contributed by atoms with Crippen molar-refractivity contribution in [3.05, 3.63) is 153 Å². The van der Waals surface area contributed by atoms with Gasteiger partial charge in [-0.3, -0.25) is 10.1 Å². The number of hydrogen-bond acceptors (Lipinski definition) is 11. The molecule has 7 rings (SSSR count). The number of unbranched alkanes of at least 4 members (excludes halogenated alkanes) is 2. The first kappa shape index (κ1) is 46.0. The standard InChI is InChI=1S/C51H59N3O10/c1-5-27-61-51-47(53(4)50(57)60-32-36-13-7-6-8-14-36)31-45(52-62-33-37-18-20-39(21-19-37)54(58)59)43-29-38(15-9-11-25-55)42(16-10-12-26-56)48(49(43)51)44-30-41(23-24-46(44)64-51)63-40-22-17-34(2)35(3)28-40/h5-8,13-14,17-24,28-30,38,42,47-49,55-56H,1,9-12,15-16,25-27,31-33H2,2-4H3. The molecule has 2 N–H and O–H groups in total. The van der Waals surface area contributed by atoms with E-state index in [1.807, 2.05) is 60.7 Å². The first-order chi connectivity index (χ1) is 31.1. The van der Waals surface area contributed by atoms with Gasteiger partial charge in [-0.1, -0.05) is 66.5 Å². The lowest BCUT2D eigenvalue weighted by atomic mass is 9.55. The van der Waals surface area contributed by atoms with E-state index in [-0.39, 0.29) is 62.9 Å². The molecule has 0 spiro atoms. The molecular formula is C51H59N3O10. The molecule has 0 radical (unpaired) electrons. The molecule has 3 aliphatic rings. The molecule has 338 valence electrons. The van der Waals surface area contributed by atoms with Crippen LogP contribution in [0, 0.1) is 41.7 Å². The number of nitrogens with zero attached hydrogens (tertiary/aromatic N) is 3. The fourth-order valence-electron chi connectivity index (χ4n) is 9.55. The zero-order chi connectivity index (χ0) is 45.2. The fourth-order valence-corrected chi connectivity index (χ4v) is 9.55. The van der Waals surface area contributed by atoms with Gasteiger partial charge in [0.05, 0.1) is 23.2 Å². The van der Waals surface area contributed by atoms with Crippen LogP contribution in [0.15, 0.2) is 120 Å². The fraction of sp³-hybridized carbons (Fsp3) is 0.412. The number of carbonyl (C=O) groups excluding carboxylic acids is 1. The van der Waals surface area contributed by atoms with Gasteiger partial charge in [-0.05, 0) is 122 Å². The molecule has 1 saturated carbocycles. The Labute approximate surface area is 375 Å². The highest BCUT2D eigenvalue weighted by molar-refractivity contribution is 6.03. The van der Waals surface area contributed by atoms with E-state index in [1.165, 1.54) is 12.1 Å². The molecule has 0 aromatic heterocycles. The predicted molar refractivity (Wildman–Crippen MR) is 243 cm³/mol. The van der Waals surface area contributed by atoms with Crippen molar-refractivity contribution in [1.29, 1.82) is 0 Å². The molecular weight excluding hydrogens is 815 g/mol. The van der Waals surface area contributed by atoms with Crippen LogP contribution in [0.2, 0.25) is 0 Å². The van der Waals surface area contributed by atoms with Crippen molar-refractivity contribution in [3.8, 4) is 17.2 Å². The number of benzene rings is 4. The quantitative estimate of drug-likeness (QED) is 0.0378. The topological polar surface area (TPSA) is 162 Å². The van der Waals surface area contributed by atoms with Crippen molar-refractivity contribution in [3.63, 3.8) is 0 Å². The number of aliphatic hydroxyl groups is 2. The number of nitro groups is 1. The molecule has 4 aromatic rings. The summed E-state index contributed by atoms with van der Waals surface area (Å²) in [4.78, 5) is 32.8. The summed E-state index contributed by atoms with van der Waals surface area (Å²) in [7, 11) is 1.69. The van der Waals surface area contributed by atoms with Crippen LogP contribution in [0.3, 0.4) is 0 Å². The Morgan fingerprint density at radius 1 is 0.922 bits per heavy atom. The monoisotopic (exact) mass is 873 g/mol. The molecule has 1 amide bonds. The lowest BCUT2D eigenvalue weighted by Crippen LogP contribution is -2.69. The normalized spacial score (nSPS) is 22.6. The average Bonchev–Trinajstić information content (AvgIpc) is 3.30. The third kappa shape index (κ3) is 10.2. The van der Waals surface area contributed by atoms with Crippen LogP contribution in [0.25, 0.3) is 0 Å². The van der Waals surface area contributed by atoms with Crippen molar-refractivity contribution < 1.29 is 43.7 Å². The Bertz CT molecular complexity index is 2320. The maximum absolute atomic E-state index is 14.3. The molecule has 2 aliphatic carbocycles. The van der Waals surface area contributed by atoms with Gasteiger partial charge in [0.25, 0.3) is 5.69 Å². The molecule has 6 atom stereocenters. The van der Waals surface area contributed by atoms with Gasteiger partial charge in [-0.2, -0.15) is 0 Å². The molecule has 4 aromatic carbocycles. The predicted octanol–water partition coefficient (Wildman–Crippen LogP) is 10.1. The van der Waals surface area contributed by atoms with Gasteiger partial charge in [-0.15, -0.1) is 6.58 Å². The summed E-state index contributed by atoms with van der Waals surface area (Å²) in [6, 6.07) is 26.7. The number of hydrogen-bond donors (Lipinski definition) is 2. The number of fused-ring (bicyclic) bond motifs is 2. The van der Waals surface area contributed by atoms with Crippen molar-refractivity contribution in [2.24, 2.45) is 22.9 Å². The van der Waals surface area contributed by atoms with Crippen LogP contribution in [-0.2, 0) is 27.5 Å². The Morgan fingerprint density at radius 2 is 1.62 bits per heavy atom. The van der Waals surface area contributed by atoms with Crippen molar-refractivity contribution in [2.75, 3.05) is 26.9 Å². The van der Waals surface area contributed by atoms with Gasteiger partial charge in [0.1, 0.15) is 36.5 Å². The Hall–Kier alpha value is -6.02. The van der Waals surface area contributed by atoms with Gasteiger partial charge in [-0.25, -0.2) is 4.79 Å². The number of nitro benzene ring substituents is 1. The molecule has 1 heterocycles. The molecule has 64 heavy (non-hydrogen) atoms. The maximum atomic E-state index is 14.3. The molecule has 0 bridgehead atoms. The minimum Gasteiger partial charge on any atom is -0.459 e. The summed E-state index contributed by atoms with van der Waals surface area (Å²) >= 11 is 0. The Morgan fingerprint density at radius 3 is 2.33 bits per heavy atom. The minimum atomic E-state index is -1.46. The summed E-state index contributed by atoms with van der Waals surface area (Å²) in [5.41, 5.74) is 6.19. The second kappa shape index (κ2) is 21.1. The van der Waals surface area contributed by atoms with Gasteiger partial charge < -0.3 is 38.9 Å². The number of aryl methyl sites for hydroxylation is 2. The molecule has 1 aliphatic heterocycles. The van der Waals surface area contributed by atoms with Crippen LogP contribution >= 0.6 is 0 Å². The van der Waals surface area contributed by atoms with Crippen molar-refractivity contribution in [2.45, 2.75) is 89.8 Å². The van der Waals surface area contributed by atoms with Crippen LogP contribution in [-0.4, -0.2) is 70.5 Å². The number of aliphatic hydroxyl groups excluding tert-OH is 2. The number of allylic oxidation sites excluding steroid dienone is 1. The molecule has 1 fully saturated rings. The number of carbonyl (C=O) groups is 1. The number of ether oxygens (including phenoxy) is 4. The summed E-state index contributed by atoms with van der Waals surface area (Å²) in [5.74, 6) is -0.256. The lowest BCUT2D eigenvalue weighted by molar-refractivity contribution is -0.384. The number of likely N-dealkylation sites (N-methyl/N-ethyl adjacent to an activating group) is 1. The Balaban J connectivity index is 1.38. The lowest BCUT2D eigenvalue weighted by Gasteiger charge is -2.59. The van der Waals surface area contributed by atoms with E-state index in [0.717, 1.165) is 53.5 Å². The van der Waals surface area contributed by atoms with Crippen LogP contribution in [0.1, 0.15) is 78.7 Å². The van der Waals surface area contributed by atoms with Gasteiger partial charge in [0, 0.05) is 50.3 Å². The van der Waals surface area contributed by atoms with E-state index < -0.39 is 28.8 Å². The van der Waals surface area contributed by atoms with E-state index in [0.29, 0.717) is 41.4 Å². The molecule has 0 saturated heterocycles. The van der Waals surface area contributed by atoms with Gasteiger partial charge in [0.15, 0.2) is 0 Å². The average molecular weight is 874 g/mol. The summed E-state index contributed by atoms with van der Waals surface area (Å²) < 4.78 is 26.8. The van der Waals surface area contributed by atoms with Crippen LogP contribution in [0.4, 0.5) is 10.5 Å². The highest BCUT2D eigenvalue weighted by Crippen LogP contribution is 2.62. The Kier molecular flexibility index (Phi) is 15.2. The second-order valence-electron chi connectivity index (χ2n) is 17.0. The smallest absolute Gasteiger partial charge is 0.410 e. The second-order valence-corrected chi connectivity index (χ2v) is 17.0. The largest absolute Gasteiger partial charge is 0.459 e. The van der Waals surface area contributed by atoms with Gasteiger partial charge >= 0.3 is 6.09 Å². The maximum Gasteiger partial charge on any atom is 0.410 e. The van der Waals surface area contributed by atoms with Crippen LogP contribution < -0.4 is 9.47 Å². The summed E-state index contributed by atoms with van der Waals surface area (Å²) in [6.07, 6.45) is 7.95. The van der Waals surface area contributed by atoms with E-state index in [2.05, 4.69) is 32.6 Å². The van der Waals surface area contributed by atoms with E-state index in [1.54, 1.807) is 30.2 Å². The molecule has 6 unspecified atom stereocenters. The zero-order valence-electron chi connectivity index (χ0n) is 36.9. The third-order valence-electron chi connectivity index (χ3n) is 12.9. The zero-order valence-corrected chi connectivity index (χ0v) is 36.9. The minimum absolute atomic E-state index is 0.0154. The molecule has 13 nitrogen and oxygen atoms in total. The van der Waals surface area contributed by atoms with E-state index >= 15 is 0 Å². The first-order valence-corrected chi connectivity index (χ1v) is 22.2. The summed E-state index contributed by atoms with van der Waals surface area (Å²) in [6.45, 7) is 8.48. The third-order valence-corrected chi connectivity index (χ3v) is 12.9. The number of oxime groups is 1. The number of rotatable bonds is 20.